The maximum Gasteiger partial charge on any atom is 0.412 e. The van der Waals surface area contributed by atoms with Crippen molar-refractivity contribution in [3.05, 3.63) is 29.6 Å². The van der Waals surface area contributed by atoms with Crippen molar-refractivity contribution < 1.29 is 13.9 Å². The van der Waals surface area contributed by atoms with E-state index >= 15 is 0 Å². The van der Waals surface area contributed by atoms with Crippen LogP contribution < -0.4 is 11.1 Å². The number of carbonyl (C=O) groups excluding carboxylic acids is 1. The topological polar surface area (TPSA) is 64.3 Å². The zero-order valence-corrected chi connectivity index (χ0v) is 12.3. The smallest absolute Gasteiger partial charge is 0.412 e. The molecule has 1 aromatic rings. The molecule has 0 saturated carbocycles. The Morgan fingerprint density at radius 1 is 1.35 bits per heavy atom. The van der Waals surface area contributed by atoms with Gasteiger partial charge in [-0.05, 0) is 70.3 Å². The minimum atomic E-state index is -0.566. The zero-order valence-electron chi connectivity index (χ0n) is 12.3. The lowest BCUT2D eigenvalue weighted by atomic mass is 10.1. The lowest BCUT2D eigenvalue weighted by Crippen LogP contribution is -2.27. The molecule has 0 atom stereocenters. The first-order chi connectivity index (χ1) is 9.31. The Bertz CT molecular complexity index is 456. The van der Waals surface area contributed by atoms with Crippen LogP contribution in [0.25, 0.3) is 0 Å². The third-order valence-corrected chi connectivity index (χ3v) is 2.60. The predicted molar refractivity (Wildman–Crippen MR) is 78.2 cm³/mol. The third kappa shape index (κ3) is 6.02. The van der Waals surface area contributed by atoms with E-state index in [1.165, 1.54) is 12.1 Å². The average Bonchev–Trinajstić information content (AvgIpc) is 2.30. The molecule has 1 amide bonds. The molecule has 112 valence electrons. The second kappa shape index (κ2) is 7.24. The minimum Gasteiger partial charge on any atom is -0.444 e. The Hall–Kier alpha value is -1.62. The van der Waals surface area contributed by atoms with Gasteiger partial charge in [0.05, 0.1) is 0 Å². The number of nitrogens with one attached hydrogen (secondary N) is 1. The summed E-state index contributed by atoms with van der Waals surface area (Å²) in [5, 5.41) is 2.66. The van der Waals surface area contributed by atoms with Gasteiger partial charge in [-0.1, -0.05) is 0 Å². The van der Waals surface area contributed by atoms with Gasteiger partial charge in [-0.2, -0.15) is 0 Å². The molecule has 0 aliphatic rings. The van der Waals surface area contributed by atoms with E-state index in [0.717, 1.165) is 18.4 Å². The molecule has 0 bridgehead atoms. The van der Waals surface area contributed by atoms with E-state index < -0.39 is 11.7 Å². The normalized spacial score (nSPS) is 11.2. The standard InChI is InChI=1S/C15H23FN2O2/c1-15(2,3)20-14(19)18-13-8-7-12(16)10-11(13)6-4-5-9-17/h7-8,10H,4-6,9,17H2,1-3H3,(H,18,19). The summed E-state index contributed by atoms with van der Waals surface area (Å²) in [6.45, 7) is 5.97. The Labute approximate surface area is 119 Å². The molecule has 0 heterocycles. The van der Waals surface area contributed by atoms with E-state index in [-0.39, 0.29) is 5.82 Å². The molecule has 0 aliphatic heterocycles. The molecule has 1 rings (SSSR count). The van der Waals surface area contributed by atoms with E-state index in [9.17, 15) is 9.18 Å². The van der Waals surface area contributed by atoms with Crippen molar-refractivity contribution >= 4 is 11.8 Å². The van der Waals surface area contributed by atoms with Crippen LogP contribution in [0.2, 0.25) is 0 Å². The number of carbonyl (C=O) groups is 1. The number of hydrogen-bond acceptors (Lipinski definition) is 3. The largest absolute Gasteiger partial charge is 0.444 e. The Kier molecular flexibility index (Phi) is 5.95. The van der Waals surface area contributed by atoms with Crippen LogP contribution in [0.4, 0.5) is 14.9 Å². The highest BCUT2D eigenvalue weighted by molar-refractivity contribution is 5.85. The summed E-state index contributed by atoms with van der Waals surface area (Å²) in [5.41, 5.74) is 6.22. The molecule has 20 heavy (non-hydrogen) atoms. The van der Waals surface area contributed by atoms with Crippen molar-refractivity contribution in [3.63, 3.8) is 0 Å². The van der Waals surface area contributed by atoms with Crippen molar-refractivity contribution in [3.8, 4) is 0 Å². The molecule has 0 fully saturated rings. The van der Waals surface area contributed by atoms with Crippen LogP contribution >= 0.6 is 0 Å². The first-order valence-electron chi connectivity index (χ1n) is 6.80. The van der Waals surface area contributed by atoms with Gasteiger partial charge in [0.25, 0.3) is 0 Å². The van der Waals surface area contributed by atoms with E-state index in [1.54, 1.807) is 26.8 Å². The lowest BCUT2D eigenvalue weighted by Gasteiger charge is -2.20. The summed E-state index contributed by atoms with van der Waals surface area (Å²) in [4.78, 5) is 11.7. The van der Waals surface area contributed by atoms with Crippen LogP contribution in [-0.4, -0.2) is 18.2 Å². The van der Waals surface area contributed by atoms with E-state index in [0.29, 0.717) is 18.7 Å². The molecule has 0 aromatic heterocycles. The van der Waals surface area contributed by atoms with Crippen molar-refractivity contribution in [1.82, 2.24) is 0 Å². The van der Waals surface area contributed by atoms with Gasteiger partial charge in [0.1, 0.15) is 11.4 Å². The van der Waals surface area contributed by atoms with Crippen molar-refractivity contribution in [2.24, 2.45) is 5.73 Å². The molecule has 4 nitrogen and oxygen atoms in total. The first kappa shape index (κ1) is 16.4. The number of ether oxygens (including phenoxy) is 1. The number of unbranched alkanes of at least 4 members (excludes halogenated alkanes) is 1. The summed E-state index contributed by atoms with van der Waals surface area (Å²) >= 11 is 0. The molecule has 5 heteroatoms. The number of nitrogens with two attached hydrogens (primary N) is 1. The van der Waals surface area contributed by atoms with Crippen LogP contribution in [-0.2, 0) is 11.2 Å². The monoisotopic (exact) mass is 282 g/mol. The number of anilines is 1. The van der Waals surface area contributed by atoms with Crippen LogP contribution in [0.15, 0.2) is 18.2 Å². The number of halogens is 1. The van der Waals surface area contributed by atoms with Gasteiger partial charge >= 0.3 is 6.09 Å². The fourth-order valence-electron chi connectivity index (χ4n) is 1.76. The Morgan fingerprint density at radius 2 is 2.05 bits per heavy atom. The van der Waals surface area contributed by atoms with E-state index in [2.05, 4.69) is 5.32 Å². The highest BCUT2D eigenvalue weighted by atomic mass is 19.1. The van der Waals surface area contributed by atoms with Gasteiger partial charge in [-0.25, -0.2) is 9.18 Å². The number of hydrogen-bond donors (Lipinski definition) is 2. The molecule has 0 aliphatic carbocycles. The molecule has 1 aromatic carbocycles. The summed E-state index contributed by atoms with van der Waals surface area (Å²) < 4.78 is 18.5. The first-order valence-corrected chi connectivity index (χ1v) is 6.80. The highest BCUT2D eigenvalue weighted by Crippen LogP contribution is 2.20. The second-order valence-corrected chi connectivity index (χ2v) is 5.67. The Morgan fingerprint density at radius 3 is 2.65 bits per heavy atom. The lowest BCUT2D eigenvalue weighted by molar-refractivity contribution is 0.0635. The van der Waals surface area contributed by atoms with Crippen LogP contribution in [0.5, 0.6) is 0 Å². The van der Waals surface area contributed by atoms with E-state index in [4.69, 9.17) is 10.5 Å². The number of amides is 1. The second-order valence-electron chi connectivity index (χ2n) is 5.67. The van der Waals surface area contributed by atoms with Crippen LogP contribution in [0.1, 0.15) is 39.2 Å². The molecule has 0 unspecified atom stereocenters. The van der Waals surface area contributed by atoms with Gasteiger partial charge in [0.2, 0.25) is 0 Å². The van der Waals surface area contributed by atoms with Gasteiger partial charge in [-0.3, -0.25) is 5.32 Å². The Balaban J connectivity index is 2.75. The molecule has 0 saturated heterocycles. The number of benzene rings is 1. The summed E-state index contributed by atoms with van der Waals surface area (Å²) in [6, 6.07) is 4.30. The van der Waals surface area contributed by atoms with Gasteiger partial charge in [-0.15, -0.1) is 0 Å². The SMILES string of the molecule is CC(C)(C)OC(=O)Nc1ccc(F)cc1CCCCN. The van der Waals surface area contributed by atoms with Crippen molar-refractivity contribution in [2.75, 3.05) is 11.9 Å². The summed E-state index contributed by atoms with van der Waals surface area (Å²) in [5.74, 6) is -0.317. The number of aryl methyl sites for hydroxylation is 1. The summed E-state index contributed by atoms with van der Waals surface area (Å²) in [7, 11) is 0. The molecule has 0 radical (unpaired) electrons. The van der Waals surface area contributed by atoms with Gasteiger partial charge in [0, 0.05) is 5.69 Å². The zero-order chi connectivity index (χ0) is 15.2. The molecular weight excluding hydrogens is 259 g/mol. The quantitative estimate of drug-likeness (QED) is 0.813. The molecular formula is C15H23FN2O2. The molecule has 3 N–H and O–H groups in total. The van der Waals surface area contributed by atoms with E-state index in [1.807, 2.05) is 0 Å². The van der Waals surface area contributed by atoms with Gasteiger partial charge < -0.3 is 10.5 Å². The van der Waals surface area contributed by atoms with Crippen molar-refractivity contribution in [2.45, 2.75) is 45.6 Å². The predicted octanol–water partition coefficient (Wildman–Crippen LogP) is 3.45. The highest BCUT2D eigenvalue weighted by Gasteiger charge is 2.17. The minimum absolute atomic E-state index is 0.317. The average molecular weight is 282 g/mol. The maximum absolute atomic E-state index is 13.3. The molecule has 0 spiro atoms. The fraction of sp³-hybridized carbons (Fsp3) is 0.533. The van der Waals surface area contributed by atoms with Crippen LogP contribution in [0, 0.1) is 5.82 Å². The van der Waals surface area contributed by atoms with Crippen molar-refractivity contribution in [1.29, 1.82) is 0 Å². The number of rotatable bonds is 5. The fourth-order valence-corrected chi connectivity index (χ4v) is 1.76. The summed E-state index contributed by atoms with van der Waals surface area (Å²) in [6.07, 6.45) is 1.84. The third-order valence-electron chi connectivity index (χ3n) is 2.60. The van der Waals surface area contributed by atoms with Gasteiger partial charge in [0.15, 0.2) is 0 Å². The van der Waals surface area contributed by atoms with Crippen LogP contribution in [0.3, 0.4) is 0 Å². The maximum atomic E-state index is 13.3.